The lowest BCUT2D eigenvalue weighted by molar-refractivity contribution is 0.0988. The predicted octanol–water partition coefficient (Wildman–Crippen LogP) is 0.928. The average Bonchev–Trinajstić information content (AvgIpc) is 2.28. The van der Waals surface area contributed by atoms with Gasteiger partial charge in [0.05, 0.1) is 5.69 Å². The molecular weight excluding hydrogens is 230 g/mol. The maximum Gasteiger partial charge on any atom is 0.254 e. The number of pyridine rings is 1. The molecule has 3 N–H and O–H groups in total. The van der Waals surface area contributed by atoms with Crippen molar-refractivity contribution in [1.82, 2.24) is 10.3 Å². The summed E-state index contributed by atoms with van der Waals surface area (Å²) < 4.78 is 5.93. The second kappa shape index (κ2) is 5.35. The molecule has 0 unspecified atom stereocenters. The Labute approximate surface area is 107 Å². The van der Waals surface area contributed by atoms with Crippen LogP contribution < -0.4 is 15.8 Å². The van der Waals surface area contributed by atoms with Crippen LogP contribution in [0.25, 0.3) is 0 Å². The molecule has 2 heterocycles. The lowest BCUT2D eigenvalue weighted by Gasteiger charge is -2.25. The van der Waals surface area contributed by atoms with Gasteiger partial charge in [-0.25, -0.2) is 0 Å². The van der Waals surface area contributed by atoms with Crippen LogP contribution >= 0.6 is 0 Å². The minimum atomic E-state index is -0.482. The Morgan fingerprint density at radius 1 is 1.44 bits per heavy atom. The average molecular weight is 249 g/mol. The Hall–Kier alpha value is -1.62. The molecule has 0 aliphatic carbocycles. The molecule has 0 saturated carbocycles. The van der Waals surface area contributed by atoms with Crippen LogP contribution in [0.4, 0.5) is 0 Å². The van der Waals surface area contributed by atoms with Crippen LogP contribution in [0, 0.1) is 13.8 Å². The van der Waals surface area contributed by atoms with E-state index in [0.29, 0.717) is 17.0 Å². The third-order valence-corrected chi connectivity index (χ3v) is 3.12. The highest BCUT2D eigenvalue weighted by Crippen LogP contribution is 2.24. The first kappa shape index (κ1) is 12.8. The van der Waals surface area contributed by atoms with E-state index in [-0.39, 0.29) is 6.10 Å². The molecule has 5 nitrogen and oxygen atoms in total. The number of nitrogens with two attached hydrogens (primary N) is 1. The van der Waals surface area contributed by atoms with Crippen molar-refractivity contribution in [3.05, 3.63) is 23.0 Å². The molecular formula is C13H19N3O2. The Bertz CT molecular complexity index is 454. The summed E-state index contributed by atoms with van der Waals surface area (Å²) in [6.45, 7) is 5.55. The Kier molecular flexibility index (Phi) is 3.81. The van der Waals surface area contributed by atoms with Gasteiger partial charge >= 0.3 is 0 Å². The number of nitrogens with zero attached hydrogens (tertiary/aromatic N) is 1. The number of piperidine rings is 1. The van der Waals surface area contributed by atoms with Gasteiger partial charge in [-0.3, -0.25) is 9.78 Å². The fraction of sp³-hybridized carbons (Fsp3) is 0.538. The van der Waals surface area contributed by atoms with Gasteiger partial charge in [-0.05, 0) is 39.8 Å². The van der Waals surface area contributed by atoms with Crippen molar-refractivity contribution in [2.45, 2.75) is 32.8 Å². The zero-order valence-corrected chi connectivity index (χ0v) is 10.8. The third-order valence-electron chi connectivity index (χ3n) is 3.12. The number of amides is 1. The number of aromatic nitrogens is 1. The summed E-state index contributed by atoms with van der Waals surface area (Å²) in [6.07, 6.45) is 2.03. The molecule has 0 spiro atoms. The maximum absolute atomic E-state index is 11.5. The van der Waals surface area contributed by atoms with Crippen molar-refractivity contribution in [3.8, 4) is 5.75 Å². The molecule has 1 aromatic heterocycles. The van der Waals surface area contributed by atoms with E-state index in [4.69, 9.17) is 10.5 Å². The summed E-state index contributed by atoms with van der Waals surface area (Å²) in [6, 6.07) is 1.79. The van der Waals surface area contributed by atoms with E-state index >= 15 is 0 Å². The van der Waals surface area contributed by atoms with Crippen molar-refractivity contribution in [2.75, 3.05) is 13.1 Å². The predicted molar refractivity (Wildman–Crippen MR) is 68.7 cm³/mol. The molecule has 1 fully saturated rings. The smallest absolute Gasteiger partial charge is 0.254 e. The monoisotopic (exact) mass is 249 g/mol. The van der Waals surface area contributed by atoms with Crippen LogP contribution in [-0.4, -0.2) is 30.1 Å². The second-order valence-corrected chi connectivity index (χ2v) is 4.65. The van der Waals surface area contributed by atoms with E-state index in [1.165, 1.54) is 0 Å². The van der Waals surface area contributed by atoms with Crippen LogP contribution in [0.2, 0.25) is 0 Å². The molecule has 1 aliphatic rings. The van der Waals surface area contributed by atoms with Gasteiger partial charge in [0, 0.05) is 11.8 Å². The first-order valence-corrected chi connectivity index (χ1v) is 6.23. The molecule has 1 aliphatic heterocycles. The normalized spacial score (nSPS) is 16.6. The van der Waals surface area contributed by atoms with Crippen LogP contribution in [-0.2, 0) is 0 Å². The molecule has 0 radical (unpaired) electrons. The quantitative estimate of drug-likeness (QED) is 0.835. The number of carbonyl (C=O) groups excluding carboxylic acids is 1. The molecule has 1 aromatic rings. The summed E-state index contributed by atoms with van der Waals surface area (Å²) in [5.41, 5.74) is 7.27. The largest absolute Gasteiger partial charge is 0.489 e. The van der Waals surface area contributed by atoms with Gasteiger partial charge in [0.1, 0.15) is 17.4 Å². The first-order chi connectivity index (χ1) is 8.58. The zero-order chi connectivity index (χ0) is 13.1. The number of carbonyl (C=O) groups is 1. The van der Waals surface area contributed by atoms with Crippen LogP contribution in [0.5, 0.6) is 5.75 Å². The summed E-state index contributed by atoms with van der Waals surface area (Å²) in [4.78, 5) is 15.7. The highest BCUT2D eigenvalue weighted by atomic mass is 16.5. The highest BCUT2D eigenvalue weighted by Gasteiger charge is 2.20. The van der Waals surface area contributed by atoms with Crippen molar-refractivity contribution >= 4 is 5.91 Å². The van der Waals surface area contributed by atoms with Crippen molar-refractivity contribution in [2.24, 2.45) is 5.73 Å². The maximum atomic E-state index is 11.5. The van der Waals surface area contributed by atoms with Crippen LogP contribution in [0.1, 0.15) is 34.6 Å². The Balaban J connectivity index is 2.27. The standard InChI is InChI=1S/C13H19N3O2/c1-8-7-11(12(13(14)17)9(2)16-8)18-10-3-5-15-6-4-10/h7,10,15H,3-6H2,1-2H3,(H2,14,17). The van der Waals surface area contributed by atoms with Crippen LogP contribution in [0.15, 0.2) is 6.07 Å². The van der Waals surface area contributed by atoms with Crippen molar-refractivity contribution < 1.29 is 9.53 Å². The summed E-state index contributed by atoms with van der Waals surface area (Å²) >= 11 is 0. The molecule has 18 heavy (non-hydrogen) atoms. The van der Waals surface area contributed by atoms with E-state index in [1.807, 2.05) is 6.92 Å². The van der Waals surface area contributed by atoms with Gasteiger partial charge in [-0.2, -0.15) is 0 Å². The fourth-order valence-electron chi connectivity index (χ4n) is 2.28. The zero-order valence-electron chi connectivity index (χ0n) is 10.8. The molecule has 0 bridgehead atoms. The molecule has 0 atom stereocenters. The molecule has 5 heteroatoms. The lowest BCUT2D eigenvalue weighted by Crippen LogP contribution is -2.34. The number of rotatable bonds is 3. The van der Waals surface area contributed by atoms with E-state index in [1.54, 1.807) is 13.0 Å². The molecule has 98 valence electrons. The first-order valence-electron chi connectivity index (χ1n) is 6.23. The topological polar surface area (TPSA) is 77.2 Å². The minimum absolute atomic E-state index is 0.144. The number of aryl methyl sites for hydroxylation is 2. The van der Waals surface area contributed by atoms with E-state index in [2.05, 4.69) is 10.3 Å². The third kappa shape index (κ3) is 2.79. The van der Waals surface area contributed by atoms with Gasteiger partial charge in [-0.1, -0.05) is 0 Å². The summed E-state index contributed by atoms with van der Waals surface area (Å²) in [5, 5.41) is 3.28. The number of hydrogen-bond donors (Lipinski definition) is 2. The Morgan fingerprint density at radius 3 is 2.72 bits per heavy atom. The SMILES string of the molecule is Cc1cc(OC2CCNCC2)c(C(N)=O)c(C)n1. The van der Waals surface area contributed by atoms with Gasteiger partial charge in [0.2, 0.25) is 0 Å². The fourth-order valence-corrected chi connectivity index (χ4v) is 2.28. The molecule has 1 amide bonds. The van der Waals surface area contributed by atoms with Crippen molar-refractivity contribution in [3.63, 3.8) is 0 Å². The number of nitrogens with one attached hydrogen (secondary N) is 1. The summed E-state index contributed by atoms with van der Waals surface area (Å²) in [7, 11) is 0. The van der Waals surface area contributed by atoms with Gasteiger partial charge in [0.15, 0.2) is 0 Å². The lowest BCUT2D eigenvalue weighted by atomic mass is 10.1. The van der Waals surface area contributed by atoms with Gasteiger partial charge < -0.3 is 15.8 Å². The minimum Gasteiger partial charge on any atom is -0.489 e. The molecule has 0 aromatic carbocycles. The number of ether oxygens (including phenoxy) is 1. The number of primary amides is 1. The van der Waals surface area contributed by atoms with Gasteiger partial charge in [0.25, 0.3) is 5.91 Å². The second-order valence-electron chi connectivity index (χ2n) is 4.65. The van der Waals surface area contributed by atoms with Crippen LogP contribution in [0.3, 0.4) is 0 Å². The van der Waals surface area contributed by atoms with Gasteiger partial charge in [-0.15, -0.1) is 0 Å². The highest BCUT2D eigenvalue weighted by molar-refractivity contribution is 5.96. The van der Waals surface area contributed by atoms with E-state index in [9.17, 15) is 4.79 Å². The molecule has 1 saturated heterocycles. The summed E-state index contributed by atoms with van der Waals surface area (Å²) in [5.74, 6) is 0.0864. The van der Waals surface area contributed by atoms with E-state index in [0.717, 1.165) is 31.6 Å². The Morgan fingerprint density at radius 2 is 2.11 bits per heavy atom. The number of hydrogen-bond acceptors (Lipinski definition) is 4. The van der Waals surface area contributed by atoms with E-state index < -0.39 is 5.91 Å². The van der Waals surface area contributed by atoms with Crippen molar-refractivity contribution in [1.29, 1.82) is 0 Å². The molecule has 2 rings (SSSR count).